The Hall–Kier alpha value is -5.96. The van der Waals surface area contributed by atoms with Crippen molar-refractivity contribution < 1.29 is 9.60 Å². The van der Waals surface area contributed by atoms with Gasteiger partial charge in [-0.05, 0) is 103 Å². The average molecular weight is 717 g/mol. The summed E-state index contributed by atoms with van der Waals surface area (Å²) in [6.45, 7) is 8.17. The predicted octanol–water partition coefficient (Wildman–Crippen LogP) is 15.0. The van der Waals surface area contributed by atoms with Crippen LogP contribution in [0.1, 0.15) is 59.5 Å². The van der Waals surface area contributed by atoms with Gasteiger partial charge in [-0.3, -0.25) is 0 Å². The number of rotatable bonds is 4. The Morgan fingerprint density at radius 2 is 1.17 bits per heavy atom. The molecule has 54 heavy (non-hydrogen) atoms. The molecule has 1 aromatic heterocycles. The highest BCUT2D eigenvalue weighted by molar-refractivity contribution is 7.27. The van der Waals surface area contributed by atoms with Crippen molar-refractivity contribution in [1.29, 1.82) is 0 Å². The molecule has 0 aliphatic heterocycles. The lowest BCUT2D eigenvalue weighted by Crippen LogP contribution is -2.18. The highest BCUT2D eigenvalue weighted by atomic mass is 32.1. The van der Waals surface area contributed by atoms with Crippen molar-refractivity contribution in [2.45, 2.75) is 38.5 Å². The zero-order valence-corrected chi connectivity index (χ0v) is 31.2. The lowest BCUT2D eigenvalue weighted by Gasteiger charge is -2.30. The second kappa shape index (κ2) is 11.3. The summed E-state index contributed by atoms with van der Waals surface area (Å²) < 4.78 is 66.9. The van der Waals surface area contributed by atoms with E-state index in [4.69, 9.17) is 5.48 Å². The van der Waals surface area contributed by atoms with Gasteiger partial charge in [-0.2, -0.15) is 0 Å². The average Bonchev–Trinajstić information content (AvgIpc) is 3.85. The predicted molar refractivity (Wildman–Crippen MR) is 232 cm³/mol. The van der Waals surface area contributed by atoms with Gasteiger partial charge in [-0.1, -0.05) is 155 Å². The summed E-state index contributed by atoms with van der Waals surface area (Å²) in [4.78, 5) is 1.94. The molecular formula is C52H39NS. The van der Waals surface area contributed by atoms with E-state index in [9.17, 15) is 4.11 Å². The third kappa shape index (κ3) is 4.38. The van der Waals surface area contributed by atoms with Gasteiger partial charge in [0, 0.05) is 48.1 Å². The smallest absolute Gasteiger partial charge is 0.0648 e. The quantitative estimate of drug-likeness (QED) is 0.175. The standard InChI is InChI=1S/C52H39NS/c1-51(2)45-21-9-7-17-39(45)41-27-24-35(30-47(41)51)53(36-25-28-42-40-18-8-10-22-46(40)52(3,4)48(42)31-36)34-15-11-14-33(29-34)38-19-12-20-43-44-26-23-32-13-5-6-16-37(32)49(44)54-50(38)43/h5-31H,1-4H3/i7D,9D,17D,21D,24D,27D,30D. The zero-order valence-electron chi connectivity index (χ0n) is 37.4. The molecule has 8 aromatic carbocycles. The van der Waals surface area contributed by atoms with E-state index in [-0.39, 0.29) is 58.5 Å². The van der Waals surface area contributed by atoms with Crippen LogP contribution in [0.2, 0.25) is 0 Å². The van der Waals surface area contributed by atoms with Crippen molar-refractivity contribution in [2.75, 3.05) is 4.90 Å². The molecule has 0 fully saturated rings. The Balaban J connectivity index is 1.17. The van der Waals surface area contributed by atoms with Gasteiger partial charge in [0.25, 0.3) is 0 Å². The van der Waals surface area contributed by atoms with Crippen LogP contribution in [0, 0.1) is 0 Å². The van der Waals surface area contributed by atoms with Crippen LogP contribution in [-0.4, -0.2) is 0 Å². The zero-order chi connectivity index (χ0) is 42.4. The summed E-state index contributed by atoms with van der Waals surface area (Å²) in [5, 5.41) is 4.82. The van der Waals surface area contributed by atoms with Crippen LogP contribution in [0.25, 0.3) is 64.3 Å². The molecule has 0 atom stereocenters. The summed E-state index contributed by atoms with van der Waals surface area (Å²) in [6.07, 6.45) is 0. The van der Waals surface area contributed by atoms with Crippen molar-refractivity contribution >= 4 is 59.3 Å². The molecule has 11 rings (SSSR count). The van der Waals surface area contributed by atoms with Gasteiger partial charge in [0.1, 0.15) is 0 Å². The SMILES string of the molecule is [2H]c1c([2H])c([2H])c2c(c1[2H])-c1c([2H])c([2H])c(N(c3cccc(-c4cccc5c4sc4c6ccccc6ccc54)c3)c3ccc4c(c3)C(C)(C)c3ccccc3-4)c([2H])c1C2(C)C. The Morgan fingerprint density at radius 1 is 0.463 bits per heavy atom. The topological polar surface area (TPSA) is 3.24 Å². The molecule has 2 heteroatoms. The van der Waals surface area contributed by atoms with E-state index in [1.54, 1.807) is 11.3 Å². The maximum Gasteiger partial charge on any atom is 0.0648 e. The largest absolute Gasteiger partial charge is 0.310 e. The number of fused-ring (bicyclic) bond motifs is 11. The minimum absolute atomic E-state index is 0.0148. The summed E-state index contributed by atoms with van der Waals surface area (Å²) in [5.74, 6) is 0. The first-order chi connectivity index (χ1) is 29.2. The van der Waals surface area contributed by atoms with E-state index >= 15 is 0 Å². The lowest BCUT2D eigenvalue weighted by atomic mass is 9.82. The fraction of sp³-hybridized carbons (Fsp3) is 0.115. The van der Waals surface area contributed by atoms with Crippen LogP contribution in [0.4, 0.5) is 17.1 Å². The summed E-state index contributed by atoms with van der Waals surface area (Å²) in [7, 11) is 0. The van der Waals surface area contributed by atoms with Crippen molar-refractivity contribution in [2.24, 2.45) is 0 Å². The van der Waals surface area contributed by atoms with Crippen molar-refractivity contribution in [3.63, 3.8) is 0 Å². The first kappa shape index (κ1) is 25.1. The maximum atomic E-state index is 10.1. The number of thiophene rings is 1. The Kier molecular flexibility index (Phi) is 5.25. The van der Waals surface area contributed by atoms with E-state index in [2.05, 4.69) is 117 Å². The van der Waals surface area contributed by atoms with Crippen LogP contribution >= 0.6 is 11.3 Å². The van der Waals surface area contributed by atoms with Gasteiger partial charge < -0.3 is 4.90 Å². The number of nitrogens with zero attached hydrogens (tertiary/aromatic N) is 1. The molecule has 2 aliphatic carbocycles. The van der Waals surface area contributed by atoms with E-state index in [0.29, 0.717) is 16.8 Å². The Labute approximate surface area is 330 Å². The Bertz CT molecular complexity index is 3420. The van der Waals surface area contributed by atoms with Gasteiger partial charge >= 0.3 is 0 Å². The molecule has 2 aliphatic rings. The van der Waals surface area contributed by atoms with Gasteiger partial charge in [0.2, 0.25) is 0 Å². The lowest BCUT2D eigenvalue weighted by molar-refractivity contribution is 0.660. The van der Waals surface area contributed by atoms with E-state index < -0.39 is 11.5 Å². The fourth-order valence-corrected chi connectivity index (χ4v) is 10.4. The van der Waals surface area contributed by atoms with Gasteiger partial charge in [-0.25, -0.2) is 0 Å². The molecule has 0 radical (unpaired) electrons. The summed E-state index contributed by atoms with van der Waals surface area (Å²) in [6, 6.07) is 40.8. The molecule has 0 N–H and O–H groups in total. The molecule has 258 valence electrons. The molecule has 0 saturated heterocycles. The van der Waals surface area contributed by atoms with Crippen molar-refractivity contribution in [3.8, 4) is 33.4 Å². The fourth-order valence-electron chi connectivity index (χ4n) is 9.06. The summed E-state index contributed by atoms with van der Waals surface area (Å²) in [5.41, 5.74) is 8.19. The van der Waals surface area contributed by atoms with Crippen LogP contribution in [0.3, 0.4) is 0 Å². The monoisotopic (exact) mass is 716 g/mol. The molecule has 0 bridgehead atoms. The molecule has 1 nitrogen and oxygen atoms in total. The number of hydrogen-bond donors (Lipinski definition) is 0. The third-order valence-corrected chi connectivity index (χ3v) is 13.1. The molecular weight excluding hydrogens is 671 g/mol. The normalized spacial score (nSPS) is 16.4. The molecule has 0 amide bonds. The summed E-state index contributed by atoms with van der Waals surface area (Å²) >= 11 is 1.79. The van der Waals surface area contributed by atoms with Crippen LogP contribution in [-0.2, 0) is 10.8 Å². The van der Waals surface area contributed by atoms with Crippen molar-refractivity contribution in [3.05, 3.63) is 186 Å². The second-order valence-electron chi connectivity index (χ2n) is 15.6. The molecule has 0 unspecified atom stereocenters. The van der Waals surface area contributed by atoms with Gasteiger partial charge in [0.15, 0.2) is 0 Å². The van der Waals surface area contributed by atoms with E-state index in [1.165, 1.54) is 42.1 Å². The second-order valence-corrected chi connectivity index (χ2v) is 16.6. The third-order valence-electron chi connectivity index (χ3n) is 11.8. The number of benzene rings is 8. The van der Waals surface area contributed by atoms with Gasteiger partial charge in [-0.15, -0.1) is 11.3 Å². The van der Waals surface area contributed by atoms with E-state index in [0.717, 1.165) is 27.9 Å². The first-order valence-corrected chi connectivity index (χ1v) is 19.3. The first-order valence-electron chi connectivity index (χ1n) is 21.9. The minimum Gasteiger partial charge on any atom is -0.310 e. The highest BCUT2D eigenvalue weighted by Gasteiger charge is 2.37. The van der Waals surface area contributed by atoms with E-state index in [1.807, 2.05) is 36.9 Å². The molecule has 0 saturated carbocycles. The van der Waals surface area contributed by atoms with Crippen molar-refractivity contribution in [1.82, 2.24) is 0 Å². The maximum absolute atomic E-state index is 10.1. The van der Waals surface area contributed by atoms with Crippen LogP contribution < -0.4 is 4.90 Å². The minimum atomic E-state index is -1.06. The van der Waals surface area contributed by atoms with Crippen LogP contribution in [0.15, 0.2) is 164 Å². The Morgan fingerprint density at radius 3 is 2.09 bits per heavy atom. The molecule has 0 spiro atoms. The molecule has 9 aromatic rings. The number of hydrogen-bond acceptors (Lipinski definition) is 2. The van der Waals surface area contributed by atoms with Gasteiger partial charge in [0.05, 0.1) is 9.60 Å². The van der Waals surface area contributed by atoms with Crippen LogP contribution in [0.5, 0.6) is 0 Å². The highest BCUT2D eigenvalue weighted by Crippen LogP contribution is 2.53. The number of anilines is 3. The molecule has 1 heterocycles.